The number of benzene rings is 2. The maximum absolute atomic E-state index is 13.2. The minimum atomic E-state index is -0.225. The van der Waals surface area contributed by atoms with Gasteiger partial charge in [-0.2, -0.15) is 0 Å². The second-order valence-corrected chi connectivity index (χ2v) is 5.32. The van der Waals surface area contributed by atoms with E-state index in [0.717, 1.165) is 28.4 Å². The molecule has 3 aromatic rings. The van der Waals surface area contributed by atoms with Crippen molar-refractivity contribution in [3.8, 4) is 11.4 Å². The lowest BCUT2D eigenvalue weighted by molar-refractivity contribution is 0.415. The fourth-order valence-electron chi connectivity index (χ4n) is 2.96. The van der Waals surface area contributed by atoms with Crippen LogP contribution in [0.5, 0.6) is 5.75 Å². The maximum Gasteiger partial charge on any atom is 0.123 e. The van der Waals surface area contributed by atoms with Gasteiger partial charge in [-0.3, -0.25) is 0 Å². The van der Waals surface area contributed by atoms with Gasteiger partial charge in [-0.05, 0) is 42.0 Å². The molecule has 0 radical (unpaired) electrons. The lowest BCUT2D eigenvalue weighted by Crippen LogP contribution is -2.22. The first kappa shape index (κ1) is 13.0. The van der Waals surface area contributed by atoms with Gasteiger partial charge in [0.05, 0.1) is 24.5 Å². The number of aromatic nitrogens is 1. The Morgan fingerprint density at radius 1 is 1.09 bits per heavy atom. The van der Waals surface area contributed by atoms with Gasteiger partial charge in [0.1, 0.15) is 11.6 Å². The highest BCUT2D eigenvalue weighted by Crippen LogP contribution is 2.38. The van der Waals surface area contributed by atoms with Gasteiger partial charge in [0, 0.05) is 18.0 Å². The number of nitrogens with zero attached hydrogens (tertiary/aromatic N) is 1. The van der Waals surface area contributed by atoms with Crippen LogP contribution in [0.25, 0.3) is 5.69 Å². The summed E-state index contributed by atoms with van der Waals surface area (Å²) in [5, 5.41) is 3.53. The van der Waals surface area contributed by atoms with Crippen LogP contribution in [0.4, 0.5) is 10.1 Å². The molecule has 0 saturated heterocycles. The van der Waals surface area contributed by atoms with Gasteiger partial charge in [0.15, 0.2) is 0 Å². The highest BCUT2D eigenvalue weighted by molar-refractivity contribution is 5.69. The minimum absolute atomic E-state index is 0.0183. The van der Waals surface area contributed by atoms with Gasteiger partial charge in [-0.15, -0.1) is 0 Å². The third-order valence-corrected chi connectivity index (χ3v) is 4.04. The van der Waals surface area contributed by atoms with Gasteiger partial charge >= 0.3 is 0 Å². The van der Waals surface area contributed by atoms with Crippen molar-refractivity contribution in [2.24, 2.45) is 0 Å². The lowest BCUT2D eigenvalue weighted by atomic mass is 10.0. The topological polar surface area (TPSA) is 26.2 Å². The molecule has 0 saturated carbocycles. The smallest absolute Gasteiger partial charge is 0.123 e. The monoisotopic (exact) mass is 294 g/mol. The highest BCUT2D eigenvalue weighted by atomic mass is 19.1. The van der Waals surface area contributed by atoms with Crippen LogP contribution in [0, 0.1) is 5.82 Å². The first-order chi connectivity index (χ1) is 10.8. The second kappa shape index (κ2) is 4.91. The number of halogens is 1. The van der Waals surface area contributed by atoms with Crippen LogP contribution < -0.4 is 10.1 Å². The van der Waals surface area contributed by atoms with E-state index in [1.165, 1.54) is 12.1 Å². The zero-order chi connectivity index (χ0) is 15.1. The molecule has 1 aliphatic heterocycles. The minimum Gasteiger partial charge on any atom is -0.497 e. The van der Waals surface area contributed by atoms with Crippen LogP contribution in [0.15, 0.2) is 60.8 Å². The first-order valence-corrected chi connectivity index (χ1v) is 7.14. The fraction of sp³-hybridized carbons (Fsp3) is 0.111. The third kappa shape index (κ3) is 1.96. The average Bonchev–Trinajstić information content (AvgIpc) is 3.04. The summed E-state index contributed by atoms with van der Waals surface area (Å²) in [6.45, 7) is 0. The average molecular weight is 294 g/mol. The van der Waals surface area contributed by atoms with Gasteiger partial charge in [0.25, 0.3) is 0 Å². The summed E-state index contributed by atoms with van der Waals surface area (Å²) in [7, 11) is 1.66. The standard InChI is InChI=1S/C18H15FN2O/c1-22-14-8-9-16-15(11-14)20-18(17-3-2-10-21(16)17)12-4-6-13(19)7-5-12/h2-11,18,20H,1H3/t18-/m1/s1. The van der Waals surface area contributed by atoms with Crippen LogP contribution in [-0.2, 0) is 0 Å². The Kier molecular flexibility index (Phi) is 2.89. The Morgan fingerprint density at radius 2 is 1.91 bits per heavy atom. The quantitative estimate of drug-likeness (QED) is 0.768. The largest absolute Gasteiger partial charge is 0.497 e. The van der Waals surface area contributed by atoms with E-state index in [-0.39, 0.29) is 11.9 Å². The molecule has 0 spiro atoms. The molecular weight excluding hydrogens is 279 g/mol. The number of rotatable bonds is 2. The summed E-state index contributed by atoms with van der Waals surface area (Å²) < 4.78 is 20.6. The van der Waals surface area contributed by atoms with E-state index < -0.39 is 0 Å². The van der Waals surface area contributed by atoms with Crippen molar-refractivity contribution in [1.29, 1.82) is 0 Å². The third-order valence-electron chi connectivity index (χ3n) is 4.04. The highest BCUT2D eigenvalue weighted by Gasteiger charge is 2.25. The van der Waals surface area contributed by atoms with Crippen molar-refractivity contribution in [3.63, 3.8) is 0 Å². The van der Waals surface area contributed by atoms with Gasteiger partial charge in [0.2, 0.25) is 0 Å². The van der Waals surface area contributed by atoms with Crippen molar-refractivity contribution in [2.45, 2.75) is 6.04 Å². The van der Waals surface area contributed by atoms with Crippen LogP contribution in [-0.4, -0.2) is 11.7 Å². The molecule has 2 heterocycles. The molecule has 1 aromatic heterocycles. The molecule has 110 valence electrons. The molecule has 0 bridgehead atoms. The molecular formula is C18H15FN2O. The summed E-state index contributed by atoms with van der Waals surface area (Å²) in [5.41, 5.74) is 4.23. The van der Waals surface area contributed by atoms with Crippen LogP contribution in [0.3, 0.4) is 0 Å². The predicted octanol–water partition coefficient (Wildman–Crippen LogP) is 4.14. The van der Waals surface area contributed by atoms with E-state index in [1.807, 2.05) is 42.6 Å². The second-order valence-electron chi connectivity index (χ2n) is 5.32. The lowest BCUT2D eigenvalue weighted by Gasteiger charge is -2.30. The van der Waals surface area contributed by atoms with Gasteiger partial charge in [-0.1, -0.05) is 12.1 Å². The van der Waals surface area contributed by atoms with Crippen molar-refractivity contribution in [2.75, 3.05) is 12.4 Å². The summed E-state index contributed by atoms with van der Waals surface area (Å²) in [6, 6.07) is 16.7. The Balaban J connectivity index is 1.85. The zero-order valence-electron chi connectivity index (χ0n) is 12.1. The van der Waals surface area contributed by atoms with Crippen molar-refractivity contribution >= 4 is 5.69 Å². The molecule has 2 aromatic carbocycles. The number of hydrogen-bond donors (Lipinski definition) is 1. The Morgan fingerprint density at radius 3 is 2.68 bits per heavy atom. The number of methoxy groups -OCH3 is 1. The van der Waals surface area contributed by atoms with Gasteiger partial charge in [-0.25, -0.2) is 4.39 Å². The van der Waals surface area contributed by atoms with Crippen molar-refractivity contribution in [3.05, 3.63) is 77.9 Å². The molecule has 4 heteroatoms. The summed E-state index contributed by atoms with van der Waals surface area (Å²) in [6.07, 6.45) is 2.04. The first-order valence-electron chi connectivity index (χ1n) is 7.14. The number of anilines is 1. The van der Waals surface area contributed by atoms with E-state index >= 15 is 0 Å². The summed E-state index contributed by atoms with van der Waals surface area (Å²) in [4.78, 5) is 0. The molecule has 1 N–H and O–H groups in total. The molecule has 3 nitrogen and oxygen atoms in total. The van der Waals surface area contributed by atoms with Crippen molar-refractivity contribution in [1.82, 2.24) is 4.57 Å². The number of nitrogens with one attached hydrogen (secondary N) is 1. The van der Waals surface area contributed by atoms with Crippen LogP contribution in [0.1, 0.15) is 17.3 Å². The molecule has 0 unspecified atom stereocenters. The van der Waals surface area contributed by atoms with E-state index in [0.29, 0.717) is 0 Å². The number of ether oxygens (including phenoxy) is 1. The Bertz CT molecular complexity index is 823. The molecule has 0 fully saturated rings. The number of hydrogen-bond acceptors (Lipinski definition) is 2. The maximum atomic E-state index is 13.2. The van der Waals surface area contributed by atoms with E-state index in [9.17, 15) is 4.39 Å². The number of fused-ring (bicyclic) bond motifs is 3. The summed E-state index contributed by atoms with van der Waals surface area (Å²) in [5.74, 6) is 0.580. The van der Waals surface area contributed by atoms with Gasteiger partial charge < -0.3 is 14.6 Å². The SMILES string of the molecule is COc1ccc2c(c1)N[C@H](c1ccc(F)cc1)c1cccn1-2. The summed E-state index contributed by atoms with van der Waals surface area (Å²) >= 11 is 0. The Hall–Kier alpha value is -2.75. The van der Waals surface area contributed by atoms with Crippen LogP contribution >= 0.6 is 0 Å². The Labute approximate surface area is 128 Å². The van der Waals surface area contributed by atoms with Crippen molar-refractivity contribution < 1.29 is 9.13 Å². The molecule has 0 amide bonds. The van der Waals surface area contributed by atoms with E-state index in [1.54, 1.807) is 7.11 Å². The van der Waals surface area contributed by atoms with Crippen LogP contribution in [0.2, 0.25) is 0 Å². The molecule has 1 aliphatic rings. The fourth-order valence-corrected chi connectivity index (χ4v) is 2.96. The normalized spacial score (nSPS) is 15.6. The molecule has 1 atom stereocenters. The zero-order valence-corrected chi connectivity index (χ0v) is 12.1. The predicted molar refractivity (Wildman–Crippen MR) is 84.2 cm³/mol. The molecule has 0 aliphatic carbocycles. The molecule has 22 heavy (non-hydrogen) atoms. The molecule has 4 rings (SSSR count). The van der Waals surface area contributed by atoms with E-state index in [2.05, 4.69) is 16.0 Å². The van der Waals surface area contributed by atoms with E-state index in [4.69, 9.17) is 4.74 Å².